The normalized spacial score (nSPS) is 13.1. The summed E-state index contributed by atoms with van der Waals surface area (Å²) in [5.41, 5.74) is 0. The molecule has 1 aromatic rings. The standard InChI is InChI=1S/C12H20N2O2/c1-5-7-14-8-6-13-12(14)10(15)11(16-4)9(2)3/h6,8-9,11H,5,7H2,1-4H3. The molecule has 1 unspecified atom stereocenters. The molecule has 0 aromatic carbocycles. The van der Waals surface area contributed by atoms with E-state index < -0.39 is 6.10 Å². The number of rotatable bonds is 6. The van der Waals surface area contributed by atoms with Crippen molar-refractivity contribution in [2.45, 2.75) is 39.8 Å². The third kappa shape index (κ3) is 2.70. The molecular formula is C12H20N2O2. The van der Waals surface area contributed by atoms with E-state index in [1.54, 1.807) is 13.3 Å². The van der Waals surface area contributed by atoms with Crippen LogP contribution in [0.15, 0.2) is 12.4 Å². The Kier molecular flexibility index (Phi) is 4.68. The first kappa shape index (κ1) is 12.9. The van der Waals surface area contributed by atoms with Crippen LogP contribution in [-0.4, -0.2) is 28.5 Å². The summed E-state index contributed by atoms with van der Waals surface area (Å²) in [6, 6.07) is 0. The highest BCUT2D eigenvalue weighted by molar-refractivity contribution is 5.96. The van der Waals surface area contributed by atoms with Gasteiger partial charge in [0.1, 0.15) is 6.10 Å². The molecule has 1 heterocycles. The zero-order valence-electron chi connectivity index (χ0n) is 10.4. The fourth-order valence-corrected chi connectivity index (χ4v) is 1.76. The first-order chi connectivity index (χ1) is 7.61. The van der Waals surface area contributed by atoms with Crippen molar-refractivity contribution in [3.05, 3.63) is 18.2 Å². The number of methoxy groups -OCH3 is 1. The average Bonchev–Trinajstić information content (AvgIpc) is 2.66. The van der Waals surface area contributed by atoms with Crippen LogP contribution in [-0.2, 0) is 11.3 Å². The maximum absolute atomic E-state index is 12.2. The van der Waals surface area contributed by atoms with Crippen LogP contribution in [0.25, 0.3) is 0 Å². The fourth-order valence-electron chi connectivity index (χ4n) is 1.76. The second-order valence-electron chi connectivity index (χ2n) is 4.21. The number of aryl methyl sites for hydroxylation is 1. The summed E-state index contributed by atoms with van der Waals surface area (Å²) in [5, 5.41) is 0. The number of ether oxygens (including phenoxy) is 1. The van der Waals surface area contributed by atoms with E-state index in [2.05, 4.69) is 11.9 Å². The van der Waals surface area contributed by atoms with E-state index in [-0.39, 0.29) is 11.7 Å². The Morgan fingerprint density at radius 3 is 2.75 bits per heavy atom. The zero-order chi connectivity index (χ0) is 12.1. The van der Waals surface area contributed by atoms with Gasteiger partial charge in [-0.25, -0.2) is 4.98 Å². The number of nitrogens with zero attached hydrogens (tertiary/aromatic N) is 2. The summed E-state index contributed by atoms with van der Waals surface area (Å²) in [5.74, 6) is 0.627. The Balaban J connectivity index is 2.90. The Morgan fingerprint density at radius 2 is 2.25 bits per heavy atom. The number of carbonyl (C=O) groups is 1. The second kappa shape index (κ2) is 5.80. The molecule has 16 heavy (non-hydrogen) atoms. The summed E-state index contributed by atoms with van der Waals surface area (Å²) in [4.78, 5) is 16.3. The van der Waals surface area contributed by atoms with Gasteiger partial charge in [0.25, 0.3) is 0 Å². The van der Waals surface area contributed by atoms with Crippen LogP contribution in [0.5, 0.6) is 0 Å². The molecule has 4 heteroatoms. The van der Waals surface area contributed by atoms with Crippen LogP contribution >= 0.6 is 0 Å². The number of imidazole rings is 1. The van der Waals surface area contributed by atoms with E-state index in [0.717, 1.165) is 13.0 Å². The van der Waals surface area contributed by atoms with E-state index in [4.69, 9.17) is 4.74 Å². The van der Waals surface area contributed by atoms with Gasteiger partial charge in [0, 0.05) is 26.0 Å². The Hall–Kier alpha value is -1.16. The van der Waals surface area contributed by atoms with Crippen LogP contribution in [0.2, 0.25) is 0 Å². The van der Waals surface area contributed by atoms with Gasteiger partial charge in [-0.05, 0) is 12.3 Å². The van der Waals surface area contributed by atoms with E-state index in [1.165, 1.54) is 0 Å². The van der Waals surface area contributed by atoms with Crippen molar-refractivity contribution in [3.63, 3.8) is 0 Å². The SMILES string of the molecule is CCCn1ccnc1C(=O)C(OC)C(C)C. The maximum Gasteiger partial charge on any atom is 0.227 e. The number of carbonyl (C=O) groups excluding carboxylic acids is 1. The van der Waals surface area contributed by atoms with Crippen LogP contribution in [0.4, 0.5) is 0 Å². The number of hydrogen-bond donors (Lipinski definition) is 0. The Bertz CT molecular complexity index is 345. The van der Waals surface area contributed by atoms with Crippen LogP contribution in [0, 0.1) is 5.92 Å². The molecule has 0 saturated carbocycles. The summed E-state index contributed by atoms with van der Waals surface area (Å²) in [7, 11) is 1.57. The lowest BCUT2D eigenvalue weighted by Crippen LogP contribution is -2.30. The predicted octanol–water partition coefficient (Wildman–Crippen LogP) is 2.15. The number of ketones is 1. The van der Waals surface area contributed by atoms with Gasteiger partial charge in [-0.1, -0.05) is 20.8 Å². The molecule has 4 nitrogen and oxygen atoms in total. The predicted molar refractivity (Wildman–Crippen MR) is 62.5 cm³/mol. The highest BCUT2D eigenvalue weighted by atomic mass is 16.5. The van der Waals surface area contributed by atoms with Gasteiger partial charge in [0.05, 0.1) is 0 Å². The maximum atomic E-state index is 12.2. The molecule has 90 valence electrons. The molecule has 0 aliphatic carbocycles. The number of Topliss-reactive ketones (excluding diaryl/α,β-unsaturated/α-hetero) is 1. The van der Waals surface area contributed by atoms with Crippen molar-refractivity contribution >= 4 is 5.78 Å². The van der Waals surface area contributed by atoms with E-state index in [9.17, 15) is 4.79 Å². The van der Waals surface area contributed by atoms with Crippen molar-refractivity contribution in [2.75, 3.05) is 7.11 Å². The van der Waals surface area contributed by atoms with Crippen LogP contribution in [0.1, 0.15) is 37.8 Å². The average molecular weight is 224 g/mol. The van der Waals surface area contributed by atoms with Crippen molar-refractivity contribution in [3.8, 4) is 0 Å². The minimum atomic E-state index is -0.405. The number of aromatic nitrogens is 2. The van der Waals surface area contributed by atoms with Crippen molar-refractivity contribution in [1.82, 2.24) is 9.55 Å². The van der Waals surface area contributed by atoms with Gasteiger partial charge >= 0.3 is 0 Å². The van der Waals surface area contributed by atoms with Gasteiger partial charge in [-0.3, -0.25) is 4.79 Å². The molecule has 0 radical (unpaired) electrons. The lowest BCUT2D eigenvalue weighted by Gasteiger charge is -2.17. The summed E-state index contributed by atoms with van der Waals surface area (Å²) in [6.45, 7) is 6.83. The third-order valence-electron chi connectivity index (χ3n) is 2.52. The highest BCUT2D eigenvalue weighted by Gasteiger charge is 2.26. The number of hydrogen-bond acceptors (Lipinski definition) is 3. The fraction of sp³-hybridized carbons (Fsp3) is 0.667. The van der Waals surface area contributed by atoms with Crippen LogP contribution in [0.3, 0.4) is 0 Å². The smallest absolute Gasteiger partial charge is 0.227 e. The lowest BCUT2D eigenvalue weighted by atomic mass is 10.0. The van der Waals surface area contributed by atoms with Gasteiger partial charge in [0.15, 0.2) is 5.82 Å². The molecule has 0 spiro atoms. The topological polar surface area (TPSA) is 44.1 Å². The third-order valence-corrected chi connectivity index (χ3v) is 2.52. The second-order valence-corrected chi connectivity index (χ2v) is 4.21. The summed E-state index contributed by atoms with van der Waals surface area (Å²) < 4.78 is 7.11. The van der Waals surface area contributed by atoms with Crippen molar-refractivity contribution in [2.24, 2.45) is 5.92 Å². The van der Waals surface area contributed by atoms with E-state index in [1.807, 2.05) is 24.6 Å². The Labute approximate surface area is 96.6 Å². The van der Waals surface area contributed by atoms with Gasteiger partial charge in [-0.2, -0.15) is 0 Å². The first-order valence-electron chi connectivity index (χ1n) is 5.70. The molecule has 1 aromatic heterocycles. The minimum absolute atomic E-state index is 0.0315. The summed E-state index contributed by atoms with van der Waals surface area (Å²) >= 11 is 0. The molecule has 0 amide bonds. The molecule has 0 saturated heterocycles. The molecular weight excluding hydrogens is 204 g/mol. The molecule has 0 fully saturated rings. The molecule has 1 atom stereocenters. The summed E-state index contributed by atoms with van der Waals surface area (Å²) in [6.07, 6.45) is 4.08. The zero-order valence-corrected chi connectivity index (χ0v) is 10.4. The lowest BCUT2D eigenvalue weighted by molar-refractivity contribution is 0.0444. The largest absolute Gasteiger partial charge is 0.373 e. The minimum Gasteiger partial charge on any atom is -0.373 e. The quantitative estimate of drug-likeness (QED) is 0.695. The molecule has 0 bridgehead atoms. The van der Waals surface area contributed by atoms with Crippen LogP contribution < -0.4 is 0 Å². The van der Waals surface area contributed by atoms with E-state index in [0.29, 0.717) is 5.82 Å². The van der Waals surface area contributed by atoms with Crippen molar-refractivity contribution in [1.29, 1.82) is 0 Å². The monoisotopic (exact) mass is 224 g/mol. The molecule has 0 aliphatic rings. The molecule has 0 N–H and O–H groups in total. The first-order valence-corrected chi connectivity index (χ1v) is 5.70. The van der Waals surface area contributed by atoms with Gasteiger partial charge < -0.3 is 9.30 Å². The van der Waals surface area contributed by atoms with Gasteiger partial charge in [-0.15, -0.1) is 0 Å². The Morgan fingerprint density at radius 1 is 1.56 bits per heavy atom. The van der Waals surface area contributed by atoms with Gasteiger partial charge in [0.2, 0.25) is 5.78 Å². The molecule has 1 rings (SSSR count). The van der Waals surface area contributed by atoms with Crippen molar-refractivity contribution < 1.29 is 9.53 Å². The van der Waals surface area contributed by atoms with E-state index >= 15 is 0 Å². The highest BCUT2D eigenvalue weighted by Crippen LogP contribution is 2.12. The molecule has 0 aliphatic heterocycles.